The number of aryl methyl sites for hydroxylation is 4. The zero-order valence-corrected chi connectivity index (χ0v) is 14.8. The minimum atomic E-state index is 0.748. The minimum absolute atomic E-state index is 0.748. The third-order valence-electron chi connectivity index (χ3n) is 1.73. The van der Waals surface area contributed by atoms with E-state index in [1.807, 2.05) is 33.1 Å². The summed E-state index contributed by atoms with van der Waals surface area (Å²) in [6.45, 7) is 7.80. The topological polar surface area (TPSA) is 67.3 Å². The monoisotopic (exact) mass is 345 g/mol. The first kappa shape index (κ1) is 17.0. The Labute approximate surface area is 134 Å². The summed E-state index contributed by atoms with van der Waals surface area (Å²) < 4.78 is 0.748. The Bertz CT molecular complexity index is 636. The van der Waals surface area contributed by atoms with E-state index in [9.17, 15) is 0 Å². The molecule has 0 saturated heterocycles. The smallest absolute Gasteiger partial charge is 0.176 e. The van der Waals surface area contributed by atoms with Gasteiger partial charge in [0.15, 0.2) is 3.95 Å². The van der Waals surface area contributed by atoms with Gasteiger partial charge in [0.25, 0.3) is 0 Å². The van der Waals surface area contributed by atoms with Gasteiger partial charge in [-0.2, -0.15) is 5.10 Å². The lowest BCUT2D eigenvalue weighted by Gasteiger charge is -1.65. The van der Waals surface area contributed by atoms with Gasteiger partial charge in [-0.05, 0) is 39.9 Å². The molecule has 3 aromatic heterocycles. The maximum absolute atomic E-state index is 4.73. The van der Waals surface area contributed by atoms with Crippen molar-refractivity contribution in [2.24, 2.45) is 0 Å². The van der Waals surface area contributed by atoms with Crippen molar-refractivity contribution in [3.05, 3.63) is 35.6 Å². The number of H-pyrrole nitrogens is 1. The molecule has 0 aliphatic rings. The predicted molar refractivity (Wildman–Crippen MR) is 88.3 cm³/mol. The molecule has 5 nitrogen and oxygen atoms in total. The number of thiazole rings is 1. The number of hydrogen-bond donors (Lipinski definition) is 1. The number of aromatic nitrogens is 5. The highest BCUT2D eigenvalue weighted by molar-refractivity contribution is 7.73. The number of nitrogens with zero attached hydrogens (tertiary/aromatic N) is 4. The van der Waals surface area contributed by atoms with Gasteiger partial charge in [-0.1, -0.05) is 11.3 Å². The fourth-order valence-corrected chi connectivity index (χ4v) is 2.88. The molecule has 0 aromatic carbocycles. The van der Waals surface area contributed by atoms with Crippen molar-refractivity contribution in [1.82, 2.24) is 25.4 Å². The number of nitrogens with one attached hydrogen (secondary N) is 1. The maximum atomic E-state index is 4.73. The van der Waals surface area contributed by atoms with Crippen LogP contribution in [0.15, 0.2) is 11.6 Å². The van der Waals surface area contributed by atoms with Crippen LogP contribution in [0.5, 0.6) is 0 Å². The van der Waals surface area contributed by atoms with E-state index in [1.54, 1.807) is 28.9 Å². The second kappa shape index (κ2) is 9.01. The van der Waals surface area contributed by atoms with Crippen LogP contribution < -0.4 is 0 Å². The second-order valence-electron chi connectivity index (χ2n) is 3.52. The molecule has 0 atom stereocenters. The summed E-state index contributed by atoms with van der Waals surface area (Å²) in [5.74, 6) is 0. The van der Waals surface area contributed by atoms with E-state index in [2.05, 4.69) is 25.4 Å². The van der Waals surface area contributed by atoms with E-state index in [0.29, 0.717) is 0 Å². The van der Waals surface area contributed by atoms with Gasteiger partial charge in [0, 0.05) is 11.6 Å². The maximum Gasteiger partial charge on any atom is 0.176 e. The highest BCUT2D eigenvalue weighted by Crippen LogP contribution is 2.04. The van der Waals surface area contributed by atoms with E-state index < -0.39 is 0 Å². The first-order valence-electron chi connectivity index (χ1n) is 5.62. The standard InChI is InChI=1S/C4H6N2S.C4H5NS.C3H4N2S2/c1-3-5-6-4(2)7-3;1-4-5-2-3-6-4;1-2-4-5-3(6)7-2/h1-2H3;2-3H,1H3;1H3,(H,5,6). The van der Waals surface area contributed by atoms with Gasteiger partial charge in [-0.25, -0.2) is 0 Å². The Morgan fingerprint density at radius 3 is 1.75 bits per heavy atom. The van der Waals surface area contributed by atoms with Crippen LogP contribution in [0.4, 0.5) is 0 Å². The molecule has 9 heteroatoms. The Kier molecular flexibility index (Phi) is 7.67. The lowest BCUT2D eigenvalue weighted by molar-refractivity contribution is 1.02. The summed E-state index contributed by atoms with van der Waals surface area (Å²) in [6.07, 6.45) is 1.81. The zero-order valence-electron chi connectivity index (χ0n) is 11.6. The van der Waals surface area contributed by atoms with Crippen LogP contribution in [0.1, 0.15) is 20.0 Å². The van der Waals surface area contributed by atoms with E-state index >= 15 is 0 Å². The van der Waals surface area contributed by atoms with Crippen LogP contribution in [-0.2, 0) is 0 Å². The van der Waals surface area contributed by atoms with Crippen molar-refractivity contribution in [3.63, 3.8) is 0 Å². The summed E-state index contributed by atoms with van der Waals surface area (Å²) in [6, 6.07) is 0. The van der Waals surface area contributed by atoms with Crippen molar-refractivity contribution < 1.29 is 0 Å². The zero-order chi connectivity index (χ0) is 15.0. The Morgan fingerprint density at radius 2 is 1.60 bits per heavy atom. The van der Waals surface area contributed by atoms with Crippen molar-refractivity contribution in [2.45, 2.75) is 27.7 Å². The highest BCUT2D eigenvalue weighted by atomic mass is 32.1. The van der Waals surface area contributed by atoms with Gasteiger partial charge < -0.3 is 0 Å². The molecule has 0 aliphatic carbocycles. The third kappa shape index (κ3) is 7.53. The molecule has 0 unspecified atom stereocenters. The SMILES string of the molecule is Cc1n[nH]c(=S)s1.Cc1nccs1.Cc1nnc(C)s1. The molecule has 3 aromatic rings. The van der Waals surface area contributed by atoms with Crippen LogP contribution in [0.2, 0.25) is 0 Å². The molecule has 1 N–H and O–H groups in total. The van der Waals surface area contributed by atoms with Gasteiger partial charge in [-0.3, -0.25) is 10.1 Å². The average molecular weight is 346 g/mol. The molecule has 0 amide bonds. The van der Waals surface area contributed by atoms with Crippen LogP contribution in [0, 0.1) is 31.6 Å². The molecule has 3 heterocycles. The lowest BCUT2D eigenvalue weighted by Crippen LogP contribution is -1.68. The molecule has 20 heavy (non-hydrogen) atoms. The van der Waals surface area contributed by atoms with Crippen LogP contribution >= 0.6 is 46.2 Å². The molecule has 0 fully saturated rings. The predicted octanol–water partition coefficient (Wildman–Crippen LogP) is 4.12. The molecular weight excluding hydrogens is 330 g/mol. The third-order valence-corrected chi connectivity index (χ3v) is 4.19. The van der Waals surface area contributed by atoms with Gasteiger partial charge >= 0.3 is 0 Å². The van der Waals surface area contributed by atoms with E-state index in [0.717, 1.165) is 24.0 Å². The fraction of sp³-hybridized carbons (Fsp3) is 0.364. The average Bonchev–Trinajstić information content (AvgIpc) is 3.07. The number of aromatic amines is 1. The van der Waals surface area contributed by atoms with Gasteiger partial charge in [0.2, 0.25) is 0 Å². The van der Waals surface area contributed by atoms with Crippen molar-refractivity contribution in [2.75, 3.05) is 0 Å². The lowest BCUT2D eigenvalue weighted by atomic mass is 10.8. The molecule has 0 aliphatic heterocycles. The van der Waals surface area contributed by atoms with E-state index in [4.69, 9.17) is 12.2 Å². The normalized spacial score (nSPS) is 9.20. The molecule has 108 valence electrons. The van der Waals surface area contributed by atoms with Crippen molar-refractivity contribution >= 4 is 46.2 Å². The molecule has 0 bridgehead atoms. The van der Waals surface area contributed by atoms with Crippen LogP contribution in [-0.4, -0.2) is 25.4 Å². The minimum Gasteiger partial charge on any atom is -0.258 e. The van der Waals surface area contributed by atoms with Gasteiger partial charge in [0.05, 0.1) is 5.01 Å². The molecular formula is C11H15N5S4. The summed E-state index contributed by atoms with van der Waals surface area (Å²) in [5, 5.41) is 20.2. The second-order valence-corrected chi connectivity index (χ2v) is 7.88. The first-order chi connectivity index (χ1) is 9.47. The fourth-order valence-electron chi connectivity index (χ4n) is 0.994. The Balaban J connectivity index is 0.000000151. The summed E-state index contributed by atoms with van der Waals surface area (Å²) in [7, 11) is 0. The summed E-state index contributed by atoms with van der Waals surface area (Å²) in [4.78, 5) is 3.94. The van der Waals surface area contributed by atoms with Gasteiger partial charge in [0.1, 0.15) is 15.0 Å². The van der Waals surface area contributed by atoms with Crippen LogP contribution in [0.3, 0.4) is 0 Å². The quantitative estimate of drug-likeness (QED) is 0.621. The molecule has 0 spiro atoms. The molecule has 3 rings (SSSR count). The summed E-state index contributed by atoms with van der Waals surface area (Å²) >= 11 is 9.51. The van der Waals surface area contributed by atoms with Crippen molar-refractivity contribution in [1.29, 1.82) is 0 Å². The summed E-state index contributed by atoms with van der Waals surface area (Å²) in [5.41, 5.74) is 0. The number of rotatable bonds is 0. The first-order valence-corrected chi connectivity index (χ1v) is 8.54. The van der Waals surface area contributed by atoms with Crippen LogP contribution in [0.25, 0.3) is 0 Å². The van der Waals surface area contributed by atoms with E-state index in [1.165, 1.54) is 11.3 Å². The van der Waals surface area contributed by atoms with Gasteiger partial charge in [-0.15, -0.1) is 32.9 Å². The van der Waals surface area contributed by atoms with Crippen molar-refractivity contribution in [3.8, 4) is 0 Å². The Morgan fingerprint density at radius 1 is 0.950 bits per heavy atom. The largest absolute Gasteiger partial charge is 0.258 e. The Hall–Kier alpha value is -1.03. The number of hydrogen-bond acceptors (Lipinski definition) is 8. The molecule has 0 saturated carbocycles. The van der Waals surface area contributed by atoms with E-state index in [-0.39, 0.29) is 0 Å². The molecule has 0 radical (unpaired) electrons. The highest BCUT2D eigenvalue weighted by Gasteiger charge is 1.88.